The first-order valence-electron chi connectivity index (χ1n) is 32.6. The van der Waals surface area contributed by atoms with Crippen molar-refractivity contribution in [3.63, 3.8) is 0 Å². The van der Waals surface area contributed by atoms with Crippen LogP contribution in [0.25, 0.3) is 0 Å². The molecule has 0 bridgehead atoms. The summed E-state index contributed by atoms with van der Waals surface area (Å²) in [7, 11) is 1.47. The molecule has 0 saturated carbocycles. The van der Waals surface area contributed by atoms with Crippen LogP contribution < -0.4 is 5.32 Å². The Labute approximate surface area is 488 Å². The van der Waals surface area contributed by atoms with Crippen molar-refractivity contribution in [1.82, 2.24) is 5.32 Å². The van der Waals surface area contributed by atoms with Crippen molar-refractivity contribution >= 4 is 19.7 Å². The van der Waals surface area contributed by atoms with Crippen molar-refractivity contribution in [1.29, 1.82) is 0 Å². The van der Waals surface area contributed by atoms with E-state index in [-0.39, 0.29) is 31.5 Å². The minimum atomic E-state index is -4.46. The van der Waals surface area contributed by atoms with Crippen LogP contribution in [0.2, 0.25) is 0 Å². The van der Waals surface area contributed by atoms with Crippen LogP contribution in [0.15, 0.2) is 97.2 Å². The van der Waals surface area contributed by atoms with Crippen molar-refractivity contribution < 1.29 is 37.3 Å². The normalized spacial score (nSPS) is 14.3. The number of nitrogens with zero attached hydrogens (tertiary/aromatic N) is 1. The van der Waals surface area contributed by atoms with Gasteiger partial charge in [-0.1, -0.05) is 253 Å². The van der Waals surface area contributed by atoms with Gasteiger partial charge >= 0.3 is 13.8 Å². The molecule has 3 unspecified atom stereocenters. The summed E-state index contributed by atoms with van der Waals surface area (Å²) >= 11 is 0. The number of nitrogens with one attached hydrogen (secondary N) is 1. The summed E-state index contributed by atoms with van der Waals surface area (Å²) in [6.07, 6.45) is 78.4. The number of carbonyl (C=O) groups is 2. The van der Waals surface area contributed by atoms with E-state index in [1.807, 2.05) is 33.3 Å². The molecule has 0 aromatic carbocycles. The number of amides is 1. The Morgan fingerprint density at radius 3 is 1.24 bits per heavy atom. The van der Waals surface area contributed by atoms with Gasteiger partial charge < -0.3 is 19.4 Å². The van der Waals surface area contributed by atoms with Gasteiger partial charge in [-0.2, -0.15) is 0 Å². The summed E-state index contributed by atoms with van der Waals surface area (Å²) in [4.78, 5) is 37.7. The molecule has 0 heterocycles. The van der Waals surface area contributed by atoms with Crippen molar-refractivity contribution in [2.45, 2.75) is 290 Å². The Hall–Kier alpha value is -3.07. The number of hydrogen-bond donors (Lipinski definition) is 2. The average molecular weight is 1120 g/mol. The van der Waals surface area contributed by atoms with Gasteiger partial charge in [0.05, 0.1) is 33.8 Å². The minimum absolute atomic E-state index is 0.0326. The third-order valence-electron chi connectivity index (χ3n) is 14.0. The monoisotopic (exact) mass is 1120 g/mol. The van der Waals surface area contributed by atoms with Gasteiger partial charge in [0.2, 0.25) is 5.91 Å². The predicted octanol–water partition coefficient (Wildman–Crippen LogP) is 20.3. The number of esters is 1. The van der Waals surface area contributed by atoms with E-state index in [1.165, 1.54) is 122 Å². The van der Waals surface area contributed by atoms with Crippen LogP contribution in [0, 0.1) is 0 Å². The van der Waals surface area contributed by atoms with Crippen LogP contribution in [0.1, 0.15) is 278 Å². The highest BCUT2D eigenvalue weighted by molar-refractivity contribution is 7.47. The number of phosphoric ester groups is 1. The maximum atomic E-state index is 13.5. The smallest absolute Gasteiger partial charge is 0.456 e. The molecule has 9 nitrogen and oxygen atoms in total. The van der Waals surface area contributed by atoms with E-state index in [2.05, 4.69) is 111 Å². The number of carbonyl (C=O) groups excluding carboxylic acids is 2. The SMILES string of the molecule is CC/C=C\C/C=C\C/C=C\C/C=C\C/C=C\C/C=C\CCCCCCCCCCC(=O)OC(/C=C\CCCCCCCCCCCCC)C(COP(=O)(O)OCC[N+](C)(C)C)NC(=O)CCCCC/C=C\CCCCCCCC. The zero-order chi connectivity index (χ0) is 57.9. The molecule has 0 radical (unpaired) electrons. The molecule has 2 N–H and O–H groups in total. The lowest BCUT2D eigenvalue weighted by Gasteiger charge is -2.27. The molecule has 3 atom stereocenters. The number of allylic oxidation sites excluding steroid dienone is 15. The fraction of sp³-hybridized carbons (Fsp3) is 0.739. The first-order valence-corrected chi connectivity index (χ1v) is 34.1. The number of hydrogen-bond acceptors (Lipinski definition) is 6. The largest absolute Gasteiger partial charge is 0.472 e. The summed E-state index contributed by atoms with van der Waals surface area (Å²) in [5.74, 6) is -0.534. The summed E-state index contributed by atoms with van der Waals surface area (Å²) < 4.78 is 30.7. The highest BCUT2D eigenvalue weighted by atomic mass is 31.2. The van der Waals surface area contributed by atoms with Crippen LogP contribution in [-0.2, 0) is 27.9 Å². The van der Waals surface area contributed by atoms with E-state index in [1.54, 1.807) is 0 Å². The molecule has 0 rings (SSSR count). The quantitative estimate of drug-likeness (QED) is 0.0205. The van der Waals surface area contributed by atoms with Gasteiger partial charge in [0.15, 0.2) is 0 Å². The van der Waals surface area contributed by atoms with Crippen molar-refractivity contribution in [3.05, 3.63) is 97.2 Å². The number of rotatable bonds is 58. The van der Waals surface area contributed by atoms with E-state index in [4.69, 9.17) is 13.8 Å². The second kappa shape index (κ2) is 58.1. The van der Waals surface area contributed by atoms with Crippen LogP contribution in [0.4, 0.5) is 0 Å². The molecular formula is C69H124N2O7P+. The summed E-state index contributed by atoms with van der Waals surface area (Å²) in [5, 5.41) is 3.04. The van der Waals surface area contributed by atoms with Gasteiger partial charge in [-0.3, -0.25) is 18.6 Å². The lowest BCUT2D eigenvalue weighted by molar-refractivity contribution is -0.870. The molecule has 0 saturated heterocycles. The summed E-state index contributed by atoms with van der Waals surface area (Å²) in [5.41, 5.74) is 0. The number of quaternary nitrogens is 1. The Balaban J connectivity index is 5.15. The summed E-state index contributed by atoms with van der Waals surface area (Å²) in [6, 6.07) is -0.864. The number of phosphoric acid groups is 1. The highest BCUT2D eigenvalue weighted by Gasteiger charge is 2.30. The van der Waals surface area contributed by atoms with Gasteiger partial charge in [-0.05, 0) is 109 Å². The molecule has 0 aromatic heterocycles. The molecule has 0 aliphatic heterocycles. The molecule has 0 aliphatic rings. The molecule has 79 heavy (non-hydrogen) atoms. The topological polar surface area (TPSA) is 111 Å². The number of unbranched alkanes of at least 4 members (excludes halogenated alkanes) is 28. The molecule has 456 valence electrons. The molecule has 10 heteroatoms. The van der Waals surface area contributed by atoms with Crippen molar-refractivity contribution in [2.24, 2.45) is 0 Å². The Morgan fingerprint density at radius 2 is 0.810 bits per heavy atom. The van der Waals surface area contributed by atoms with Gasteiger partial charge in [0, 0.05) is 12.8 Å². The maximum Gasteiger partial charge on any atom is 0.472 e. The predicted molar refractivity (Wildman–Crippen MR) is 341 cm³/mol. The first-order chi connectivity index (χ1) is 38.4. The average Bonchev–Trinajstić information content (AvgIpc) is 3.41. The van der Waals surface area contributed by atoms with Crippen molar-refractivity contribution in [2.75, 3.05) is 40.9 Å². The molecule has 0 spiro atoms. The van der Waals surface area contributed by atoms with E-state index >= 15 is 0 Å². The van der Waals surface area contributed by atoms with Gasteiger partial charge in [0.1, 0.15) is 19.3 Å². The number of ether oxygens (including phenoxy) is 1. The molecule has 0 aromatic rings. The van der Waals surface area contributed by atoms with Gasteiger partial charge in [-0.15, -0.1) is 0 Å². The maximum absolute atomic E-state index is 13.5. The van der Waals surface area contributed by atoms with Crippen molar-refractivity contribution in [3.8, 4) is 0 Å². The van der Waals surface area contributed by atoms with Crippen LogP contribution in [0.5, 0.6) is 0 Å². The molecule has 1 amide bonds. The van der Waals surface area contributed by atoms with Gasteiger partial charge in [0.25, 0.3) is 0 Å². The second-order valence-electron chi connectivity index (χ2n) is 22.9. The lowest BCUT2D eigenvalue weighted by atomic mass is 10.0. The van der Waals surface area contributed by atoms with E-state index in [0.29, 0.717) is 17.4 Å². The minimum Gasteiger partial charge on any atom is -0.456 e. The van der Waals surface area contributed by atoms with Gasteiger partial charge in [-0.25, -0.2) is 4.57 Å². The zero-order valence-corrected chi connectivity index (χ0v) is 53.0. The van der Waals surface area contributed by atoms with Crippen LogP contribution >= 0.6 is 7.82 Å². The summed E-state index contributed by atoms with van der Waals surface area (Å²) in [6.45, 7) is 6.88. The van der Waals surface area contributed by atoms with Crippen LogP contribution in [0.3, 0.4) is 0 Å². The van der Waals surface area contributed by atoms with E-state index in [0.717, 1.165) is 122 Å². The second-order valence-corrected chi connectivity index (χ2v) is 24.4. The van der Waals surface area contributed by atoms with E-state index < -0.39 is 20.0 Å². The third-order valence-corrected chi connectivity index (χ3v) is 15.0. The zero-order valence-electron chi connectivity index (χ0n) is 52.1. The molecule has 0 fully saturated rings. The number of likely N-dealkylation sites (N-methyl/N-ethyl adjacent to an activating group) is 1. The Morgan fingerprint density at radius 1 is 0.456 bits per heavy atom. The van der Waals surface area contributed by atoms with E-state index in [9.17, 15) is 19.0 Å². The molecule has 0 aliphatic carbocycles. The Bertz CT molecular complexity index is 1670. The first kappa shape index (κ1) is 75.9. The fourth-order valence-electron chi connectivity index (χ4n) is 9.00. The Kier molecular flexibility index (Phi) is 55.9. The molecular weight excluding hydrogens is 1000 g/mol. The third kappa shape index (κ3) is 59.4. The van der Waals surface area contributed by atoms with Crippen LogP contribution in [-0.4, -0.2) is 74.3 Å². The fourth-order valence-corrected chi connectivity index (χ4v) is 9.73. The highest BCUT2D eigenvalue weighted by Crippen LogP contribution is 2.43. The standard InChI is InChI=1S/C69H123N2O7P/c1-7-10-13-16-19-22-25-28-29-30-31-32-33-34-35-36-37-38-39-40-41-44-47-50-53-56-59-62-69(73)78-67(60-57-54-51-48-45-42-26-23-20-17-14-11-8-2)66(65-77-79(74,75)76-64-63-71(4,5)6)70-68(72)61-58-55-52-49-46-43-27-24-21-18-15-12-9-3/h10,13,19,22,28-29,31-32,34-35,37-38,43,46,57,60,66-67H,7-9,11-12,14-18,20-21,23-27,30,33,36,39-42,44-45,47-56,58-59,61-65H2,1-6H3,(H-,70,72,74,75)/p+1/b13-10-,22-19-,29-28-,32-31-,35-34-,38-37-,46-43-,60-57-. The lowest BCUT2D eigenvalue weighted by Crippen LogP contribution is -2.47.